The molecular weight excluding hydrogens is 254 g/mol. The summed E-state index contributed by atoms with van der Waals surface area (Å²) in [6, 6.07) is -0.338. The molecule has 0 amide bonds. The number of thiazole rings is 1. The van der Waals surface area contributed by atoms with Crippen molar-refractivity contribution in [1.82, 2.24) is 25.2 Å². The molecule has 2 aromatic rings. The van der Waals surface area contributed by atoms with Gasteiger partial charge >= 0.3 is 5.97 Å². The van der Waals surface area contributed by atoms with Crippen LogP contribution in [0.2, 0.25) is 0 Å². The van der Waals surface area contributed by atoms with Crippen LogP contribution in [0.25, 0.3) is 11.5 Å². The molecule has 0 saturated carbocycles. The fraction of sp³-hybridized carbons (Fsp3) is 0.500. The van der Waals surface area contributed by atoms with Gasteiger partial charge in [-0.05, 0) is 31.2 Å². The van der Waals surface area contributed by atoms with E-state index in [0.717, 1.165) is 5.01 Å². The van der Waals surface area contributed by atoms with Crippen molar-refractivity contribution in [3.8, 4) is 11.5 Å². The normalized spacial score (nSPS) is 14.4. The third-order valence-electron chi connectivity index (χ3n) is 2.84. The molecule has 2 heterocycles. The molecule has 2 rings (SSSR count). The molecule has 0 aliphatic heterocycles. The number of aromatic nitrogens is 5. The van der Waals surface area contributed by atoms with Gasteiger partial charge in [-0.25, -0.2) is 9.67 Å². The standard InChI is InChI=1S/C10H13N5O2S/c1-5(10(16)17)6(2)15-9(12-13-14-15)8-4-18-7(3)11-8/h4-6H,1-3H3,(H,16,17). The maximum atomic E-state index is 11.0. The Labute approximate surface area is 107 Å². The van der Waals surface area contributed by atoms with Crippen LogP contribution < -0.4 is 0 Å². The zero-order valence-electron chi connectivity index (χ0n) is 10.2. The summed E-state index contributed by atoms with van der Waals surface area (Å²) < 4.78 is 1.51. The Morgan fingerprint density at radius 2 is 2.22 bits per heavy atom. The molecule has 96 valence electrons. The number of hydrogen-bond acceptors (Lipinski definition) is 6. The maximum Gasteiger partial charge on any atom is 0.308 e. The molecule has 2 unspecified atom stereocenters. The van der Waals surface area contributed by atoms with Crippen LogP contribution in [0.5, 0.6) is 0 Å². The number of carboxylic acid groups (broad SMARTS) is 1. The number of aryl methyl sites for hydroxylation is 1. The first-order valence-corrected chi connectivity index (χ1v) is 6.32. The average molecular weight is 267 g/mol. The second-order valence-corrected chi connectivity index (χ2v) is 5.13. The number of carbonyl (C=O) groups is 1. The van der Waals surface area contributed by atoms with E-state index in [2.05, 4.69) is 20.5 Å². The highest BCUT2D eigenvalue weighted by Crippen LogP contribution is 2.24. The van der Waals surface area contributed by atoms with E-state index >= 15 is 0 Å². The monoisotopic (exact) mass is 267 g/mol. The molecule has 0 fully saturated rings. The molecule has 2 aromatic heterocycles. The van der Waals surface area contributed by atoms with Crippen LogP contribution in [0.4, 0.5) is 0 Å². The van der Waals surface area contributed by atoms with Crippen LogP contribution in [0, 0.1) is 12.8 Å². The first-order valence-electron chi connectivity index (χ1n) is 5.44. The molecule has 0 spiro atoms. The molecule has 0 aliphatic carbocycles. The molecule has 18 heavy (non-hydrogen) atoms. The fourth-order valence-corrected chi connectivity index (χ4v) is 2.11. The van der Waals surface area contributed by atoms with E-state index in [1.165, 1.54) is 16.0 Å². The van der Waals surface area contributed by atoms with Crippen LogP contribution in [0.15, 0.2) is 5.38 Å². The summed E-state index contributed by atoms with van der Waals surface area (Å²) >= 11 is 1.50. The number of carboxylic acids is 1. The van der Waals surface area contributed by atoms with E-state index in [4.69, 9.17) is 5.11 Å². The second-order valence-electron chi connectivity index (χ2n) is 4.07. The molecule has 1 N–H and O–H groups in total. The Bertz CT molecular complexity index is 564. The summed E-state index contributed by atoms with van der Waals surface area (Å²) in [5, 5.41) is 23.2. The minimum atomic E-state index is -0.876. The van der Waals surface area contributed by atoms with Gasteiger partial charge in [0.1, 0.15) is 5.69 Å². The Balaban J connectivity index is 2.36. The predicted octanol–water partition coefficient (Wildman–Crippen LogP) is 1.39. The minimum Gasteiger partial charge on any atom is -0.481 e. The van der Waals surface area contributed by atoms with Gasteiger partial charge in [-0.1, -0.05) is 0 Å². The Kier molecular flexibility index (Phi) is 3.37. The van der Waals surface area contributed by atoms with Gasteiger partial charge in [0.05, 0.1) is 17.0 Å². The van der Waals surface area contributed by atoms with Crippen molar-refractivity contribution in [2.75, 3.05) is 0 Å². The zero-order chi connectivity index (χ0) is 13.3. The highest BCUT2D eigenvalue weighted by atomic mass is 32.1. The van der Waals surface area contributed by atoms with Crippen LogP contribution in [0.3, 0.4) is 0 Å². The molecule has 8 heteroatoms. The molecule has 0 aromatic carbocycles. The molecule has 0 radical (unpaired) electrons. The number of nitrogens with zero attached hydrogens (tertiary/aromatic N) is 5. The van der Waals surface area contributed by atoms with Crippen LogP contribution >= 0.6 is 11.3 Å². The lowest BCUT2D eigenvalue weighted by atomic mass is 10.0. The largest absolute Gasteiger partial charge is 0.481 e. The summed E-state index contributed by atoms with van der Waals surface area (Å²) in [6.07, 6.45) is 0. The van der Waals surface area contributed by atoms with Crippen LogP contribution in [-0.2, 0) is 4.79 Å². The molecule has 0 saturated heterocycles. The maximum absolute atomic E-state index is 11.0. The second kappa shape index (κ2) is 4.81. The minimum absolute atomic E-state index is 0.338. The fourth-order valence-electron chi connectivity index (χ4n) is 1.52. The van der Waals surface area contributed by atoms with Crippen molar-refractivity contribution in [3.63, 3.8) is 0 Å². The quantitative estimate of drug-likeness (QED) is 0.899. The van der Waals surface area contributed by atoms with Crippen molar-refractivity contribution in [2.45, 2.75) is 26.8 Å². The smallest absolute Gasteiger partial charge is 0.308 e. The third-order valence-corrected chi connectivity index (χ3v) is 3.61. The first kappa shape index (κ1) is 12.6. The highest BCUT2D eigenvalue weighted by Gasteiger charge is 2.25. The summed E-state index contributed by atoms with van der Waals surface area (Å²) in [4.78, 5) is 15.3. The van der Waals surface area contributed by atoms with Crippen LogP contribution in [-0.4, -0.2) is 36.3 Å². The van der Waals surface area contributed by atoms with Gasteiger partial charge in [0.2, 0.25) is 5.82 Å². The lowest BCUT2D eigenvalue weighted by Gasteiger charge is -2.16. The van der Waals surface area contributed by atoms with Crippen molar-refractivity contribution in [2.24, 2.45) is 5.92 Å². The van der Waals surface area contributed by atoms with Crippen molar-refractivity contribution < 1.29 is 9.90 Å². The van der Waals surface area contributed by atoms with E-state index in [0.29, 0.717) is 11.5 Å². The predicted molar refractivity (Wildman–Crippen MR) is 65.2 cm³/mol. The van der Waals surface area contributed by atoms with E-state index in [-0.39, 0.29) is 6.04 Å². The molecule has 2 atom stereocenters. The van der Waals surface area contributed by atoms with Crippen molar-refractivity contribution in [3.05, 3.63) is 10.4 Å². The lowest BCUT2D eigenvalue weighted by molar-refractivity contribution is -0.142. The van der Waals surface area contributed by atoms with E-state index in [1.54, 1.807) is 13.8 Å². The lowest BCUT2D eigenvalue weighted by Crippen LogP contribution is -2.23. The molecule has 0 bridgehead atoms. The Hall–Kier alpha value is -1.83. The highest BCUT2D eigenvalue weighted by molar-refractivity contribution is 7.09. The number of tetrazole rings is 1. The van der Waals surface area contributed by atoms with Gasteiger partial charge in [0.25, 0.3) is 0 Å². The number of rotatable bonds is 4. The van der Waals surface area contributed by atoms with Gasteiger partial charge in [0.15, 0.2) is 0 Å². The van der Waals surface area contributed by atoms with E-state index < -0.39 is 11.9 Å². The van der Waals surface area contributed by atoms with Gasteiger partial charge in [-0.15, -0.1) is 16.4 Å². The van der Waals surface area contributed by atoms with Crippen molar-refractivity contribution >= 4 is 17.3 Å². The first-order chi connectivity index (χ1) is 8.50. The van der Waals surface area contributed by atoms with Gasteiger partial charge in [-0.3, -0.25) is 4.79 Å². The third kappa shape index (κ3) is 2.23. The zero-order valence-corrected chi connectivity index (χ0v) is 11.0. The Morgan fingerprint density at radius 1 is 1.50 bits per heavy atom. The Morgan fingerprint density at radius 3 is 2.78 bits per heavy atom. The average Bonchev–Trinajstić information content (AvgIpc) is 2.94. The number of hydrogen-bond donors (Lipinski definition) is 1. The van der Waals surface area contributed by atoms with Gasteiger partial charge < -0.3 is 5.11 Å². The summed E-state index contributed by atoms with van der Waals surface area (Å²) in [7, 11) is 0. The summed E-state index contributed by atoms with van der Waals surface area (Å²) in [5.41, 5.74) is 0.673. The molecule has 7 nitrogen and oxygen atoms in total. The van der Waals surface area contributed by atoms with E-state index in [9.17, 15) is 4.79 Å². The summed E-state index contributed by atoms with van der Waals surface area (Å²) in [5.74, 6) is -0.953. The van der Waals surface area contributed by atoms with E-state index in [1.807, 2.05) is 12.3 Å². The van der Waals surface area contributed by atoms with Gasteiger partial charge in [0, 0.05) is 5.38 Å². The summed E-state index contributed by atoms with van der Waals surface area (Å²) in [6.45, 7) is 5.30. The molecular formula is C10H13N5O2S. The van der Waals surface area contributed by atoms with Crippen molar-refractivity contribution in [1.29, 1.82) is 0 Å². The SMILES string of the molecule is Cc1nc(-c2nnnn2C(C)C(C)C(=O)O)cs1. The van der Waals surface area contributed by atoms with Gasteiger partial charge in [-0.2, -0.15) is 0 Å². The van der Waals surface area contributed by atoms with Crippen LogP contribution in [0.1, 0.15) is 24.9 Å². The number of aliphatic carboxylic acids is 1. The topological polar surface area (TPSA) is 93.8 Å². The molecule has 0 aliphatic rings.